The minimum absolute atomic E-state index is 0.0334. The SMILES string of the molecule is CC/C=C\C/C=C\C/C=C\C/C=C\C/C=C\C/C=C\CCC(=O)OC(COC(=O)CCCCCCC/C=C\CCCC)COP(=O)(O)OCC(CO)OC(=O)CCCCCCC/C=C\C/C=C\C/C=C\CC. The number of carbonyl (C=O) groups excluding carboxylic acids is 3. The Morgan fingerprint density at radius 2 is 0.750 bits per heavy atom. The summed E-state index contributed by atoms with van der Waals surface area (Å²) in [4.78, 5) is 48.4. The van der Waals surface area contributed by atoms with Gasteiger partial charge in [0.1, 0.15) is 12.7 Å². The van der Waals surface area contributed by atoms with Gasteiger partial charge in [0.05, 0.1) is 19.8 Å². The van der Waals surface area contributed by atoms with Crippen molar-refractivity contribution in [3.05, 3.63) is 122 Å². The second-order valence-electron chi connectivity index (χ2n) is 17.6. The fourth-order valence-electron chi connectivity index (χ4n) is 6.73. The van der Waals surface area contributed by atoms with Crippen LogP contribution in [0, 0.1) is 0 Å². The number of aliphatic hydroxyl groups is 1. The van der Waals surface area contributed by atoms with Crippen LogP contribution in [0.1, 0.15) is 201 Å². The summed E-state index contributed by atoms with van der Waals surface area (Å²) in [6.45, 7) is 4.24. The van der Waals surface area contributed by atoms with Crippen LogP contribution in [-0.4, -0.2) is 66.5 Å². The normalized spacial score (nSPS) is 14.3. The summed E-state index contributed by atoms with van der Waals surface area (Å²) >= 11 is 0. The fourth-order valence-corrected chi connectivity index (χ4v) is 7.51. The average molecular weight is 1030 g/mol. The zero-order valence-electron chi connectivity index (χ0n) is 44.8. The van der Waals surface area contributed by atoms with Crippen molar-refractivity contribution in [3.63, 3.8) is 0 Å². The average Bonchev–Trinajstić information content (AvgIpc) is 3.37. The predicted octanol–water partition coefficient (Wildman–Crippen LogP) is 16.0. The second-order valence-corrected chi connectivity index (χ2v) is 19.1. The van der Waals surface area contributed by atoms with Crippen LogP contribution in [0.25, 0.3) is 0 Å². The minimum Gasteiger partial charge on any atom is -0.462 e. The van der Waals surface area contributed by atoms with Gasteiger partial charge in [-0.1, -0.05) is 194 Å². The molecule has 2 N–H and O–H groups in total. The van der Waals surface area contributed by atoms with E-state index in [1.807, 2.05) is 12.2 Å². The van der Waals surface area contributed by atoms with E-state index >= 15 is 0 Å². The number of aliphatic hydroxyl groups excluding tert-OH is 1. The van der Waals surface area contributed by atoms with E-state index < -0.39 is 57.8 Å². The van der Waals surface area contributed by atoms with Gasteiger partial charge in [-0.2, -0.15) is 0 Å². The quantitative estimate of drug-likeness (QED) is 0.0197. The summed E-state index contributed by atoms with van der Waals surface area (Å²) in [5.74, 6) is -1.61. The Labute approximate surface area is 437 Å². The van der Waals surface area contributed by atoms with Gasteiger partial charge in [0.25, 0.3) is 0 Å². The van der Waals surface area contributed by atoms with Gasteiger partial charge in [-0.25, -0.2) is 4.57 Å². The third-order valence-electron chi connectivity index (χ3n) is 10.9. The topological polar surface area (TPSA) is 155 Å². The molecule has 3 atom stereocenters. The monoisotopic (exact) mass is 1020 g/mol. The van der Waals surface area contributed by atoms with Crippen LogP contribution < -0.4 is 0 Å². The number of phosphoric acid groups is 1. The van der Waals surface area contributed by atoms with Crippen LogP contribution in [-0.2, 0) is 42.2 Å². The molecule has 0 aromatic heterocycles. The number of ether oxygens (including phenoxy) is 3. The highest BCUT2D eigenvalue weighted by Crippen LogP contribution is 2.43. The van der Waals surface area contributed by atoms with Crippen LogP contribution in [0.4, 0.5) is 0 Å². The van der Waals surface area contributed by atoms with Crippen molar-refractivity contribution in [2.45, 2.75) is 213 Å². The summed E-state index contributed by atoms with van der Waals surface area (Å²) in [6.07, 6.45) is 64.7. The van der Waals surface area contributed by atoms with E-state index in [0.717, 1.165) is 122 Å². The molecule has 72 heavy (non-hydrogen) atoms. The third kappa shape index (κ3) is 50.8. The summed E-state index contributed by atoms with van der Waals surface area (Å²) in [5.41, 5.74) is 0. The Morgan fingerprint density at radius 3 is 1.21 bits per heavy atom. The molecule has 3 unspecified atom stereocenters. The van der Waals surface area contributed by atoms with Crippen LogP contribution >= 0.6 is 7.82 Å². The van der Waals surface area contributed by atoms with Crippen LogP contribution in [0.15, 0.2) is 122 Å². The Balaban J connectivity index is 4.85. The van der Waals surface area contributed by atoms with Crippen molar-refractivity contribution in [2.24, 2.45) is 0 Å². The molecule has 0 saturated heterocycles. The lowest BCUT2D eigenvalue weighted by atomic mass is 10.1. The number of allylic oxidation sites excluding steroid dienone is 20. The molecule has 0 fully saturated rings. The molecular weight excluding hydrogens is 928 g/mol. The van der Waals surface area contributed by atoms with Gasteiger partial charge in [-0.3, -0.25) is 23.4 Å². The fraction of sp³-hybridized carbons (Fsp3) is 0.617. The molecule has 0 heterocycles. The summed E-state index contributed by atoms with van der Waals surface area (Å²) in [5, 5.41) is 9.79. The number of phosphoric ester groups is 1. The maximum absolute atomic E-state index is 12.9. The van der Waals surface area contributed by atoms with E-state index in [0.29, 0.717) is 25.7 Å². The number of unbranched alkanes of at least 4 members (excludes halogenated alkanes) is 12. The lowest BCUT2D eigenvalue weighted by Crippen LogP contribution is -2.30. The van der Waals surface area contributed by atoms with E-state index in [4.69, 9.17) is 23.3 Å². The third-order valence-corrected chi connectivity index (χ3v) is 11.8. The molecule has 0 aliphatic carbocycles. The van der Waals surface area contributed by atoms with Crippen LogP contribution in [0.3, 0.4) is 0 Å². The molecule has 0 amide bonds. The maximum Gasteiger partial charge on any atom is 0.472 e. The molecule has 0 bridgehead atoms. The number of rotatable bonds is 49. The van der Waals surface area contributed by atoms with Gasteiger partial charge < -0.3 is 24.2 Å². The van der Waals surface area contributed by atoms with Gasteiger partial charge in [-0.05, 0) is 109 Å². The number of hydrogen-bond acceptors (Lipinski definition) is 10. The standard InChI is InChI=1S/C60H97O11P/c1-4-7-10-13-16-19-22-24-26-27-28-29-31-33-36-39-42-45-48-51-60(64)71-57(53-67-58(62)49-46-43-40-37-34-21-18-15-12-9-6-3)55-69-72(65,66)68-54-56(52-61)70-59(63)50-47-44-41-38-35-32-30-25-23-20-17-14-11-8-5-2/h7-8,10-11,15-20,24-26,28-30,33,36,42,45,56-57,61H,4-6,9,12-14,21-23,27,31-32,34-35,37-41,43-44,46-55H2,1-3H3,(H,65,66)/b10-7-,11-8-,18-15-,19-16-,20-17-,26-24-,29-28-,30-25-,36-33-,45-42-. The molecule has 0 aromatic rings. The predicted molar refractivity (Wildman–Crippen MR) is 297 cm³/mol. The van der Waals surface area contributed by atoms with E-state index in [1.165, 1.54) is 12.8 Å². The molecule has 0 spiro atoms. The molecule has 0 rings (SSSR count). The van der Waals surface area contributed by atoms with Gasteiger partial charge >= 0.3 is 25.7 Å². The molecular formula is C60H97O11P. The number of carbonyl (C=O) groups is 3. The first kappa shape index (κ1) is 67.9. The van der Waals surface area contributed by atoms with Crippen molar-refractivity contribution in [3.8, 4) is 0 Å². The Bertz CT molecular complexity index is 1670. The summed E-state index contributed by atoms with van der Waals surface area (Å²) < 4.78 is 39.3. The molecule has 0 radical (unpaired) electrons. The molecule has 0 aliphatic rings. The van der Waals surface area contributed by atoms with Crippen LogP contribution in [0.5, 0.6) is 0 Å². The largest absolute Gasteiger partial charge is 0.472 e. The zero-order valence-corrected chi connectivity index (χ0v) is 45.7. The second kappa shape index (κ2) is 53.2. The van der Waals surface area contributed by atoms with Crippen molar-refractivity contribution in [1.29, 1.82) is 0 Å². The van der Waals surface area contributed by atoms with Crippen molar-refractivity contribution in [1.82, 2.24) is 0 Å². The summed E-state index contributed by atoms with van der Waals surface area (Å²) in [6, 6.07) is 0. The van der Waals surface area contributed by atoms with Crippen molar-refractivity contribution in [2.75, 3.05) is 26.4 Å². The first-order valence-electron chi connectivity index (χ1n) is 27.4. The zero-order chi connectivity index (χ0) is 52.7. The highest BCUT2D eigenvalue weighted by molar-refractivity contribution is 7.47. The van der Waals surface area contributed by atoms with Crippen molar-refractivity contribution >= 4 is 25.7 Å². The first-order valence-corrected chi connectivity index (χ1v) is 28.9. The van der Waals surface area contributed by atoms with Gasteiger partial charge in [0.15, 0.2) is 6.10 Å². The Morgan fingerprint density at radius 1 is 0.403 bits per heavy atom. The van der Waals surface area contributed by atoms with Gasteiger partial charge in [0.2, 0.25) is 0 Å². The smallest absolute Gasteiger partial charge is 0.462 e. The maximum atomic E-state index is 12.9. The summed E-state index contributed by atoms with van der Waals surface area (Å²) in [7, 11) is -4.78. The van der Waals surface area contributed by atoms with Crippen molar-refractivity contribution < 1.29 is 52.2 Å². The highest BCUT2D eigenvalue weighted by atomic mass is 31.2. The molecule has 408 valence electrons. The van der Waals surface area contributed by atoms with E-state index in [2.05, 4.69) is 130 Å². The molecule has 12 heteroatoms. The van der Waals surface area contributed by atoms with E-state index in [-0.39, 0.29) is 25.9 Å². The van der Waals surface area contributed by atoms with Gasteiger partial charge in [0, 0.05) is 19.3 Å². The van der Waals surface area contributed by atoms with Crippen LogP contribution in [0.2, 0.25) is 0 Å². The Kier molecular flexibility index (Phi) is 50.1. The van der Waals surface area contributed by atoms with Gasteiger partial charge in [-0.15, -0.1) is 0 Å². The molecule has 0 aliphatic heterocycles. The number of esters is 3. The lowest BCUT2D eigenvalue weighted by molar-refractivity contribution is -0.161. The Hall–Kier alpha value is -4.12. The number of hydrogen-bond donors (Lipinski definition) is 2. The molecule has 0 saturated carbocycles. The molecule has 0 aromatic carbocycles. The lowest BCUT2D eigenvalue weighted by Gasteiger charge is -2.21. The van der Waals surface area contributed by atoms with E-state index in [9.17, 15) is 28.9 Å². The minimum atomic E-state index is -4.78. The van der Waals surface area contributed by atoms with E-state index in [1.54, 1.807) is 0 Å². The highest BCUT2D eigenvalue weighted by Gasteiger charge is 2.28. The molecule has 11 nitrogen and oxygen atoms in total. The first-order chi connectivity index (χ1) is 35.2.